The summed E-state index contributed by atoms with van der Waals surface area (Å²) in [6, 6.07) is 0. The van der Waals surface area contributed by atoms with E-state index in [9.17, 15) is 4.79 Å². The molecule has 12 heavy (non-hydrogen) atoms. The molecule has 0 bridgehead atoms. The minimum atomic E-state index is -0.246. The molecule has 0 amide bonds. The fraction of sp³-hybridized carbons (Fsp3) is 0.667. The van der Waals surface area contributed by atoms with E-state index in [1.807, 2.05) is 13.0 Å². The quantitative estimate of drug-likeness (QED) is 0.366. The van der Waals surface area contributed by atoms with Gasteiger partial charge in [-0.3, -0.25) is 4.84 Å². The minimum Gasteiger partial charge on any atom is -0.272 e. The van der Waals surface area contributed by atoms with Crippen molar-refractivity contribution in [2.24, 2.45) is 0 Å². The van der Waals surface area contributed by atoms with Crippen LogP contribution in [0.3, 0.4) is 0 Å². The lowest BCUT2D eigenvalue weighted by Gasteiger charge is -2.20. The molecule has 0 aliphatic heterocycles. The molecule has 0 fully saturated rings. The van der Waals surface area contributed by atoms with E-state index in [-0.39, 0.29) is 10.6 Å². The zero-order valence-corrected chi connectivity index (χ0v) is 8.55. The number of hydrogen-bond acceptors (Lipinski definition) is 2. The fourth-order valence-corrected chi connectivity index (χ4v) is 0.710. The van der Waals surface area contributed by atoms with Gasteiger partial charge in [0.25, 0.3) is 0 Å². The molecule has 3 heteroatoms. The predicted octanol–water partition coefficient (Wildman–Crippen LogP) is 1.51. The van der Waals surface area contributed by atoms with E-state index >= 15 is 0 Å². The first kappa shape index (κ1) is 11.2. The Kier molecular flexibility index (Phi) is 3.96. The van der Waals surface area contributed by atoms with E-state index in [2.05, 4.69) is 0 Å². The van der Waals surface area contributed by atoms with E-state index in [4.69, 9.17) is 4.84 Å². The standard InChI is InChI=1S/C9H18NO2/c1-6-7-8(2)9(11)12-10(3,4)5/h7H,6H2,1-5H3/q+1. The summed E-state index contributed by atoms with van der Waals surface area (Å²) >= 11 is 0. The number of allylic oxidation sites excluding steroid dienone is 1. The second-order valence-electron chi connectivity index (χ2n) is 3.56. The Morgan fingerprint density at radius 2 is 1.92 bits per heavy atom. The first-order valence-corrected chi connectivity index (χ1v) is 4.09. The highest BCUT2D eigenvalue weighted by atomic mass is 16.7. The molecule has 0 aromatic heterocycles. The molecule has 0 rings (SSSR count). The van der Waals surface area contributed by atoms with Gasteiger partial charge in [-0.2, -0.15) is 0 Å². The van der Waals surface area contributed by atoms with Crippen molar-refractivity contribution in [1.29, 1.82) is 0 Å². The van der Waals surface area contributed by atoms with Crippen LogP contribution in [0.2, 0.25) is 0 Å². The van der Waals surface area contributed by atoms with Gasteiger partial charge in [-0.25, -0.2) is 4.79 Å². The molecule has 0 unspecified atom stereocenters. The first-order valence-electron chi connectivity index (χ1n) is 4.09. The van der Waals surface area contributed by atoms with E-state index in [0.717, 1.165) is 6.42 Å². The predicted molar refractivity (Wildman–Crippen MR) is 48.2 cm³/mol. The number of hydrogen-bond donors (Lipinski definition) is 0. The Morgan fingerprint density at radius 1 is 1.42 bits per heavy atom. The Bertz CT molecular complexity index is 189. The van der Waals surface area contributed by atoms with Gasteiger partial charge in [0.2, 0.25) is 0 Å². The monoisotopic (exact) mass is 172 g/mol. The summed E-state index contributed by atoms with van der Waals surface area (Å²) in [5.74, 6) is -0.246. The zero-order valence-electron chi connectivity index (χ0n) is 8.55. The van der Waals surface area contributed by atoms with Crippen LogP contribution in [0, 0.1) is 0 Å². The molecule has 0 N–H and O–H groups in total. The Balaban J connectivity index is 4.15. The van der Waals surface area contributed by atoms with Crippen LogP contribution in [-0.4, -0.2) is 31.8 Å². The van der Waals surface area contributed by atoms with Crippen molar-refractivity contribution >= 4 is 5.97 Å². The van der Waals surface area contributed by atoms with Crippen molar-refractivity contribution in [2.45, 2.75) is 20.3 Å². The van der Waals surface area contributed by atoms with Crippen LogP contribution in [-0.2, 0) is 9.63 Å². The van der Waals surface area contributed by atoms with Crippen LogP contribution in [0.25, 0.3) is 0 Å². The summed E-state index contributed by atoms with van der Waals surface area (Å²) in [7, 11) is 5.41. The second kappa shape index (κ2) is 4.26. The van der Waals surface area contributed by atoms with Crippen molar-refractivity contribution < 1.29 is 14.3 Å². The molecule has 3 nitrogen and oxygen atoms in total. The topological polar surface area (TPSA) is 26.3 Å². The molecule has 0 saturated carbocycles. The zero-order chi connectivity index (χ0) is 9.78. The number of quaternary nitrogens is 1. The van der Waals surface area contributed by atoms with Crippen molar-refractivity contribution in [3.8, 4) is 0 Å². The van der Waals surface area contributed by atoms with Gasteiger partial charge in [0, 0.05) is 5.57 Å². The molecule has 0 heterocycles. The molecule has 0 atom stereocenters. The van der Waals surface area contributed by atoms with E-state index in [0.29, 0.717) is 5.57 Å². The average Bonchev–Trinajstić information content (AvgIpc) is 1.84. The van der Waals surface area contributed by atoms with Gasteiger partial charge in [-0.1, -0.05) is 13.0 Å². The van der Waals surface area contributed by atoms with Crippen LogP contribution in [0.15, 0.2) is 11.6 Å². The van der Waals surface area contributed by atoms with E-state index < -0.39 is 0 Å². The lowest BCUT2D eigenvalue weighted by atomic mass is 10.2. The fourth-order valence-electron chi connectivity index (χ4n) is 0.710. The van der Waals surface area contributed by atoms with E-state index in [1.165, 1.54) is 0 Å². The molecule has 70 valence electrons. The summed E-state index contributed by atoms with van der Waals surface area (Å²) < 4.78 is 0.202. The molecule has 0 aliphatic carbocycles. The Morgan fingerprint density at radius 3 is 2.25 bits per heavy atom. The molecular formula is C9H18NO2+. The SMILES string of the molecule is CCC=C(C)C(=O)O[N+](C)(C)C. The van der Waals surface area contributed by atoms with Crippen LogP contribution in [0.4, 0.5) is 0 Å². The van der Waals surface area contributed by atoms with Crippen molar-refractivity contribution in [3.05, 3.63) is 11.6 Å². The maximum atomic E-state index is 11.2. The highest BCUT2D eigenvalue weighted by molar-refractivity contribution is 5.87. The normalized spacial score (nSPS) is 12.9. The molecule has 0 aromatic carbocycles. The number of hydroxylamine groups is 3. The van der Waals surface area contributed by atoms with Crippen molar-refractivity contribution in [2.75, 3.05) is 21.1 Å². The maximum Gasteiger partial charge on any atom is 0.392 e. The van der Waals surface area contributed by atoms with Gasteiger partial charge in [0.05, 0.1) is 0 Å². The van der Waals surface area contributed by atoms with Gasteiger partial charge in [0.15, 0.2) is 0 Å². The lowest BCUT2D eigenvalue weighted by molar-refractivity contribution is -1.04. The highest BCUT2D eigenvalue weighted by Gasteiger charge is 2.16. The summed E-state index contributed by atoms with van der Waals surface area (Å²) in [4.78, 5) is 16.3. The summed E-state index contributed by atoms with van der Waals surface area (Å²) in [6.07, 6.45) is 2.72. The molecule has 0 aliphatic rings. The van der Waals surface area contributed by atoms with Crippen LogP contribution in [0.5, 0.6) is 0 Å². The average molecular weight is 172 g/mol. The van der Waals surface area contributed by atoms with Gasteiger partial charge < -0.3 is 0 Å². The summed E-state index contributed by atoms with van der Waals surface area (Å²) in [6.45, 7) is 3.75. The number of nitrogens with zero attached hydrogens (tertiary/aromatic N) is 1. The first-order chi connectivity index (χ1) is 5.37. The number of carbonyl (C=O) groups excluding carboxylic acids is 1. The highest BCUT2D eigenvalue weighted by Crippen LogP contribution is 2.02. The molecule has 0 spiro atoms. The molecular weight excluding hydrogens is 154 g/mol. The number of rotatable bonds is 3. The molecule has 0 saturated heterocycles. The lowest BCUT2D eigenvalue weighted by Crippen LogP contribution is -2.37. The van der Waals surface area contributed by atoms with Crippen molar-refractivity contribution in [3.63, 3.8) is 0 Å². The number of carbonyl (C=O) groups is 1. The third kappa shape index (κ3) is 4.91. The molecule has 0 aromatic rings. The third-order valence-electron chi connectivity index (χ3n) is 1.19. The summed E-state index contributed by atoms with van der Waals surface area (Å²) in [5, 5.41) is 0. The smallest absolute Gasteiger partial charge is 0.272 e. The van der Waals surface area contributed by atoms with Gasteiger partial charge >= 0.3 is 5.97 Å². The maximum absolute atomic E-state index is 11.2. The van der Waals surface area contributed by atoms with Crippen LogP contribution >= 0.6 is 0 Å². The van der Waals surface area contributed by atoms with Crippen LogP contribution < -0.4 is 0 Å². The Hall–Kier alpha value is -0.830. The van der Waals surface area contributed by atoms with Gasteiger partial charge in [-0.05, 0) is 13.3 Å². The van der Waals surface area contributed by atoms with Gasteiger partial charge in [-0.15, -0.1) is 4.65 Å². The van der Waals surface area contributed by atoms with Gasteiger partial charge in [0.1, 0.15) is 21.1 Å². The van der Waals surface area contributed by atoms with Crippen LogP contribution in [0.1, 0.15) is 20.3 Å². The van der Waals surface area contributed by atoms with Crippen molar-refractivity contribution in [1.82, 2.24) is 0 Å². The summed E-state index contributed by atoms with van der Waals surface area (Å²) in [5.41, 5.74) is 0.672. The minimum absolute atomic E-state index is 0.202. The van der Waals surface area contributed by atoms with E-state index in [1.54, 1.807) is 28.1 Å². The Labute approximate surface area is 74.2 Å². The second-order valence-corrected chi connectivity index (χ2v) is 3.56. The molecule has 0 radical (unpaired) electrons. The third-order valence-corrected chi connectivity index (χ3v) is 1.19. The largest absolute Gasteiger partial charge is 0.392 e.